The van der Waals surface area contributed by atoms with Crippen LogP contribution in [0.5, 0.6) is 0 Å². The minimum absolute atomic E-state index is 0.233. The number of carbonyl (C=O) groups is 1. The van der Waals surface area contributed by atoms with Crippen LogP contribution in [-0.2, 0) is 11.2 Å². The molecule has 1 aliphatic heterocycles. The molecule has 1 atom stereocenters. The van der Waals surface area contributed by atoms with Gasteiger partial charge < -0.3 is 14.5 Å². The predicted molar refractivity (Wildman–Crippen MR) is 101 cm³/mol. The summed E-state index contributed by atoms with van der Waals surface area (Å²) in [5.41, 5.74) is 2.34. The Morgan fingerprint density at radius 3 is 3.04 bits per heavy atom. The number of fused-ring (bicyclic) bond motifs is 1. The van der Waals surface area contributed by atoms with Crippen LogP contribution < -0.4 is 0 Å². The summed E-state index contributed by atoms with van der Waals surface area (Å²) >= 11 is 0. The quantitative estimate of drug-likeness (QED) is 0.767. The van der Waals surface area contributed by atoms with Gasteiger partial charge in [0.2, 0.25) is 5.91 Å². The summed E-state index contributed by atoms with van der Waals surface area (Å²) in [5, 5.41) is 9.51. The third-order valence-corrected chi connectivity index (χ3v) is 5.31. The molecule has 3 heterocycles. The molecule has 0 bridgehead atoms. The lowest BCUT2D eigenvalue weighted by Crippen LogP contribution is -2.29. The maximum Gasteiger partial charge on any atom is 0.222 e. The first-order chi connectivity index (χ1) is 12.6. The molecule has 1 aliphatic rings. The van der Waals surface area contributed by atoms with Crippen molar-refractivity contribution in [3.05, 3.63) is 48.2 Å². The zero-order valence-electron chi connectivity index (χ0n) is 15.4. The Morgan fingerprint density at radius 1 is 1.35 bits per heavy atom. The van der Waals surface area contributed by atoms with E-state index in [0.717, 1.165) is 37.3 Å². The summed E-state index contributed by atoms with van der Waals surface area (Å²) < 4.78 is 2.15. The van der Waals surface area contributed by atoms with Gasteiger partial charge in [0.15, 0.2) is 0 Å². The first-order valence-electron chi connectivity index (χ1n) is 9.35. The van der Waals surface area contributed by atoms with E-state index in [-0.39, 0.29) is 5.91 Å². The van der Waals surface area contributed by atoms with Crippen LogP contribution in [0.3, 0.4) is 0 Å². The lowest BCUT2D eigenvalue weighted by atomic mass is 10.1. The fourth-order valence-electron chi connectivity index (χ4n) is 3.88. The largest absolute Gasteiger partial charge is 0.361 e. The number of rotatable bonds is 5. The number of aromatic amines is 1. The first kappa shape index (κ1) is 16.8. The monoisotopic (exact) mass is 351 g/mol. The van der Waals surface area contributed by atoms with Crippen LogP contribution in [0.1, 0.15) is 50.0 Å². The normalized spacial score (nSPS) is 17.5. The molecule has 1 unspecified atom stereocenters. The van der Waals surface area contributed by atoms with Gasteiger partial charge in [0, 0.05) is 42.5 Å². The van der Waals surface area contributed by atoms with Gasteiger partial charge in [-0.1, -0.05) is 32.0 Å². The average Bonchev–Trinajstić information content (AvgIpc) is 3.37. The number of H-pyrrole nitrogens is 1. The van der Waals surface area contributed by atoms with E-state index in [0.29, 0.717) is 18.4 Å². The number of amides is 1. The second-order valence-electron chi connectivity index (χ2n) is 7.39. The molecule has 6 nitrogen and oxygen atoms in total. The van der Waals surface area contributed by atoms with Crippen LogP contribution >= 0.6 is 0 Å². The van der Waals surface area contributed by atoms with Crippen molar-refractivity contribution in [2.24, 2.45) is 0 Å². The number of hydrogen-bond donors (Lipinski definition) is 1. The minimum atomic E-state index is 0.233. The highest BCUT2D eigenvalue weighted by molar-refractivity contribution is 5.84. The fourth-order valence-corrected chi connectivity index (χ4v) is 3.88. The van der Waals surface area contributed by atoms with E-state index in [1.807, 2.05) is 23.2 Å². The molecule has 0 radical (unpaired) electrons. The molecule has 1 amide bonds. The van der Waals surface area contributed by atoms with E-state index >= 15 is 0 Å². The molecule has 4 rings (SSSR count). The molecule has 0 spiro atoms. The fraction of sp³-hybridized carbons (Fsp3) is 0.450. The third-order valence-electron chi connectivity index (χ3n) is 5.31. The van der Waals surface area contributed by atoms with E-state index in [2.05, 4.69) is 45.7 Å². The summed E-state index contributed by atoms with van der Waals surface area (Å²) in [6.45, 7) is 5.82. The number of likely N-dealkylation sites (tertiary alicyclic amines) is 1. The van der Waals surface area contributed by atoms with Gasteiger partial charge >= 0.3 is 0 Å². The van der Waals surface area contributed by atoms with Gasteiger partial charge in [-0.3, -0.25) is 4.79 Å². The lowest BCUT2D eigenvalue weighted by Gasteiger charge is -2.18. The third kappa shape index (κ3) is 3.11. The summed E-state index contributed by atoms with van der Waals surface area (Å²) in [4.78, 5) is 18.0. The molecule has 3 aromatic rings. The summed E-state index contributed by atoms with van der Waals surface area (Å²) in [6.07, 6.45) is 6.12. The molecule has 0 aliphatic carbocycles. The second-order valence-corrected chi connectivity index (χ2v) is 7.39. The number of hydrogen-bond acceptors (Lipinski definition) is 3. The number of carbonyl (C=O) groups excluding carboxylic acids is 1. The van der Waals surface area contributed by atoms with E-state index in [1.165, 1.54) is 10.9 Å². The van der Waals surface area contributed by atoms with Crippen molar-refractivity contribution in [3.8, 4) is 0 Å². The van der Waals surface area contributed by atoms with E-state index in [1.54, 1.807) is 6.33 Å². The van der Waals surface area contributed by atoms with Gasteiger partial charge in [-0.25, -0.2) is 0 Å². The molecular weight excluding hydrogens is 326 g/mol. The Hall–Kier alpha value is -2.63. The van der Waals surface area contributed by atoms with Gasteiger partial charge in [-0.15, -0.1) is 10.2 Å². The molecule has 1 saturated heterocycles. The van der Waals surface area contributed by atoms with Crippen LogP contribution in [0, 0.1) is 0 Å². The van der Waals surface area contributed by atoms with Gasteiger partial charge in [-0.05, 0) is 24.5 Å². The van der Waals surface area contributed by atoms with Crippen molar-refractivity contribution in [2.45, 2.75) is 45.1 Å². The molecule has 1 aromatic carbocycles. The van der Waals surface area contributed by atoms with Crippen LogP contribution in [0.25, 0.3) is 10.9 Å². The Morgan fingerprint density at radius 2 is 2.19 bits per heavy atom. The molecule has 0 saturated carbocycles. The standard InChI is InChI=1S/C20H25N5O/c1-14(2)20-23-22-13-25(20)16-9-10-24(12-16)19(26)8-7-15-11-21-18-6-4-3-5-17(15)18/h3-6,11,13-14,16,21H,7-10,12H2,1-2H3. The van der Waals surface area contributed by atoms with Crippen molar-refractivity contribution in [1.82, 2.24) is 24.6 Å². The summed E-state index contributed by atoms with van der Waals surface area (Å²) in [5.74, 6) is 1.57. The van der Waals surface area contributed by atoms with Crippen LogP contribution in [0.4, 0.5) is 0 Å². The molecule has 2 aromatic heterocycles. The van der Waals surface area contributed by atoms with Gasteiger partial charge in [0.05, 0.1) is 6.04 Å². The van der Waals surface area contributed by atoms with E-state index < -0.39 is 0 Å². The Balaban J connectivity index is 1.38. The number of aryl methyl sites for hydroxylation is 1. The number of nitrogens with one attached hydrogen (secondary N) is 1. The zero-order valence-corrected chi connectivity index (χ0v) is 15.4. The van der Waals surface area contributed by atoms with Gasteiger partial charge in [0.1, 0.15) is 12.2 Å². The number of benzene rings is 1. The van der Waals surface area contributed by atoms with Crippen molar-refractivity contribution in [2.75, 3.05) is 13.1 Å². The van der Waals surface area contributed by atoms with Crippen LogP contribution in [0.15, 0.2) is 36.8 Å². The highest BCUT2D eigenvalue weighted by Crippen LogP contribution is 2.26. The van der Waals surface area contributed by atoms with E-state index in [4.69, 9.17) is 0 Å². The smallest absolute Gasteiger partial charge is 0.222 e. The molecule has 6 heteroatoms. The van der Waals surface area contributed by atoms with Crippen LogP contribution in [0.2, 0.25) is 0 Å². The van der Waals surface area contributed by atoms with Gasteiger partial charge in [0.25, 0.3) is 0 Å². The maximum absolute atomic E-state index is 12.7. The molecule has 136 valence electrons. The Kier molecular flexibility index (Phi) is 4.49. The molecule has 1 fully saturated rings. The number of aromatic nitrogens is 4. The second kappa shape index (κ2) is 6.94. The van der Waals surface area contributed by atoms with Crippen molar-refractivity contribution >= 4 is 16.8 Å². The molecular formula is C20H25N5O. The topological polar surface area (TPSA) is 66.8 Å². The SMILES string of the molecule is CC(C)c1nncn1C1CCN(C(=O)CCc2c[nH]c3ccccc23)C1. The molecule has 26 heavy (non-hydrogen) atoms. The minimum Gasteiger partial charge on any atom is -0.361 e. The summed E-state index contributed by atoms with van der Waals surface area (Å²) in [6, 6.07) is 8.53. The summed E-state index contributed by atoms with van der Waals surface area (Å²) in [7, 11) is 0. The first-order valence-corrected chi connectivity index (χ1v) is 9.35. The predicted octanol–water partition coefficient (Wildman–Crippen LogP) is 3.29. The number of para-hydroxylation sites is 1. The lowest BCUT2D eigenvalue weighted by molar-refractivity contribution is -0.130. The van der Waals surface area contributed by atoms with Gasteiger partial charge in [-0.2, -0.15) is 0 Å². The zero-order chi connectivity index (χ0) is 18.1. The maximum atomic E-state index is 12.7. The Labute approximate surface area is 153 Å². The van der Waals surface area contributed by atoms with E-state index in [9.17, 15) is 4.79 Å². The van der Waals surface area contributed by atoms with Crippen LogP contribution in [-0.4, -0.2) is 43.6 Å². The van der Waals surface area contributed by atoms with Crippen molar-refractivity contribution in [1.29, 1.82) is 0 Å². The number of nitrogens with zero attached hydrogens (tertiary/aromatic N) is 4. The Bertz CT molecular complexity index is 910. The highest BCUT2D eigenvalue weighted by Gasteiger charge is 2.29. The average molecular weight is 351 g/mol. The molecule has 1 N–H and O–H groups in total. The van der Waals surface area contributed by atoms with Crippen molar-refractivity contribution in [3.63, 3.8) is 0 Å². The highest BCUT2D eigenvalue weighted by atomic mass is 16.2. The van der Waals surface area contributed by atoms with Crippen molar-refractivity contribution < 1.29 is 4.79 Å².